The van der Waals surface area contributed by atoms with Crippen LogP contribution in [0.15, 0.2) is 29.3 Å². The number of hydrogen-bond acceptors (Lipinski definition) is 3. The zero-order valence-corrected chi connectivity index (χ0v) is 19.0. The van der Waals surface area contributed by atoms with Crippen molar-refractivity contribution in [1.82, 2.24) is 20.4 Å². The third-order valence-corrected chi connectivity index (χ3v) is 4.64. The lowest BCUT2D eigenvalue weighted by Gasteiger charge is -2.26. The molecule has 0 unspecified atom stereocenters. The summed E-state index contributed by atoms with van der Waals surface area (Å²) in [5.41, 5.74) is 2.70. The van der Waals surface area contributed by atoms with Crippen LogP contribution in [0.3, 0.4) is 0 Å². The van der Waals surface area contributed by atoms with E-state index >= 15 is 0 Å². The van der Waals surface area contributed by atoms with Gasteiger partial charge in [-0.1, -0.05) is 30.7 Å². The second-order valence-corrected chi connectivity index (χ2v) is 7.16. The zero-order chi connectivity index (χ0) is 17.9. The van der Waals surface area contributed by atoms with E-state index < -0.39 is 0 Å². The van der Waals surface area contributed by atoms with Crippen molar-refractivity contribution in [3.05, 3.63) is 35.4 Å². The van der Waals surface area contributed by atoms with Gasteiger partial charge in [0.1, 0.15) is 0 Å². The van der Waals surface area contributed by atoms with Crippen LogP contribution in [-0.2, 0) is 13.1 Å². The minimum Gasteiger partial charge on any atom is -0.356 e. The van der Waals surface area contributed by atoms with Crippen LogP contribution in [0.5, 0.6) is 0 Å². The van der Waals surface area contributed by atoms with Crippen LogP contribution < -0.4 is 10.6 Å². The predicted molar refractivity (Wildman–Crippen MR) is 122 cm³/mol. The molecule has 2 rings (SSSR count). The van der Waals surface area contributed by atoms with Gasteiger partial charge in [0.2, 0.25) is 0 Å². The first-order chi connectivity index (χ1) is 12.2. The van der Waals surface area contributed by atoms with E-state index in [9.17, 15) is 0 Å². The molecule has 1 saturated heterocycles. The first kappa shape index (κ1) is 23.2. The van der Waals surface area contributed by atoms with E-state index in [0.717, 1.165) is 38.6 Å². The Kier molecular flexibility index (Phi) is 11.9. The van der Waals surface area contributed by atoms with Gasteiger partial charge < -0.3 is 15.5 Å². The van der Waals surface area contributed by atoms with Gasteiger partial charge in [-0.15, -0.1) is 24.0 Å². The smallest absolute Gasteiger partial charge is 0.191 e. The molecular weight excluding hydrogens is 437 g/mol. The number of nitrogens with zero attached hydrogens (tertiary/aromatic N) is 3. The molecule has 0 radical (unpaired) electrons. The molecule has 1 aromatic rings. The fourth-order valence-electron chi connectivity index (χ4n) is 3.15. The Labute approximate surface area is 176 Å². The number of benzene rings is 1. The molecule has 0 aromatic heterocycles. The van der Waals surface area contributed by atoms with E-state index in [1.165, 1.54) is 43.5 Å². The Hall–Kier alpha value is -0.860. The molecule has 6 heteroatoms. The molecule has 5 nitrogen and oxygen atoms in total. The van der Waals surface area contributed by atoms with Gasteiger partial charge in [-0.05, 0) is 64.1 Å². The molecule has 0 bridgehead atoms. The number of piperidine rings is 1. The third kappa shape index (κ3) is 9.19. The first-order valence-corrected chi connectivity index (χ1v) is 9.57. The quantitative estimate of drug-likeness (QED) is 0.264. The predicted octanol–water partition coefficient (Wildman–Crippen LogP) is 2.91. The second kappa shape index (κ2) is 13.3. The fraction of sp³-hybridized carbons (Fsp3) is 0.650. The van der Waals surface area contributed by atoms with Crippen molar-refractivity contribution in [2.75, 3.05) is 47.3 Å². The Bertz CT molecular complexity index is 509. The first-order valence-electron chi connectivity index (χ1n) is 9.57. The number of hydrogen-bond donors (Lipinski definition) is 2. The summed E-state index contributed by atoms with van der Waals surface area (Å²) in [4.78, 5) is 9.05. The Morgan fingerprint density at radius 1 is 1.04 bits per heavy atom. The van der Waals surface area contributed by atoms with Gasteiger partial charge in [0.25, 0.3) is 0 Å². The van der Waals surface area contributed by atoms with Crippen LogP contribution in [0.1, 0.15) is 36.8 Å². The summed E-state index contributed by atoms with van der Waals surface area (Å²) in [6.07, 6.45) is 5.20. The van der Waals surface area contributed by atoms with Crippen molar-refractivity contribution in [3.8, 4) is 0 Å². The molecular formula is C20H36IN5. The highest BCUT2D eigenvalue weighted by Gasteiger charge is 2.10. The number of guanidine groups is 1. The van der Waals surface area contributed by atoms with E-state index in [4.69, 9.17) is 0 Å². The maximum Gasteiger partial charge on any atom is 0.191 e. The molecule has 2 N–H and O–H groups in total. The van der Waals surface area contributed by atoms with Crippen molar-refractivity contribution in [2.45, 2.75) is 38.8 Å². The molecule has 148 valence electrons. The number of nitrogens with one attached hydrogen (secondary N) is 2. The summed E-state index contributed by atoms with van der Waals surface area (Å²) in [5.74, 6) is 0.871. The summed E-state index contributed by atoms with van der Waals surface area (Å²) in [6, 6.07) is 8.98. The van der Waals surface area contributed by atoms with E-state index in [0.29, 0.717) is 0 Å². The lowest BCUT2D eigenvalue weighted by Crippen LogP contribution is -2.38. The molecule has 1 aromatic carbocycles. The molecule has 0 amide bonds. The average molecular weight is 473 g/mol. The van der Waals surface area contributed by atoms with E-state index in [2.05, 4.69) is 63.8 Å². The normalized spacial score (nSPS) is 15.6. The molecule has 0 atom stereocenters. The Morgan fingerprint density at radius 3 is 2.31 bits per heavy atom. The standard InChI is InChI=1S/C20H35N5.HI/c1-21-20(22-12-7-13-24(2)3)23-16-18-8-10-19(11-9-18)17-25-14-5-4-6-15-25;/h8-11H,4-7,12-17H2,1-3H3,(H2,21,22,23);1H. The molecule has 1 fully saturated rings. The summed E-state index contributed by atoms with van der Waals surface area (Å²) in [6.45, 7) is 6.41. The molecule has 0 aliphatic carbocycles. The molecule has 1 aliphatic rings. The van der Waals surface area contributed by atoms with Crippen molar-refractivity contribution < 1.29 is 0 Å². The van der Waals surface area contributed by atoms with Gasteiger partial charge in [-0.2, -0.15) is 0 Å². The second-order valence-electron chi connectivity index (χ2n) is 7.16. The van der Waals surface area contributed by atoms with Crippen molar-refractivity contribution in [2.24, 2.45) is 4.99 Å². The summed E-state index contributed by atoms with van der Waals surface area (Å²) in [5, 5.41) is 6.76. The van der Waals surface area contributed by atoms with E-state index in [1.54, 1.807) is 0 Å². The van der Waals surface area contributed by atoms with Gasteiger partial charge in [-0.25, -0.2) is 0 Å². The summed E-state index contributed by atoms with van der Waals surface area (Å²) in [7, 11) is 6.02. The van der Waals surface area contributed by atoms with Crippen LogP contribution in [0, 0.1) is 0 Å². The van der Waals surface area contributed by atoms with Gasteiger partial charge >= 0.3 is 0 Å². The minimum atomic E-state index is 0. The largest absolute Gasteiger partial charge is 0.356 e. The van der Waals surface area contributed by atoms with Crippen LogP contribution in [0.2, 0.25) is 0 Å². The number of aliphatic imine (C=N–C) groups is 1. The highest BCUT2D eigenvalue weighted by molar-refractivity contribution is 14.0. The maximum atomic E-state index is 4.29. The van der Waals surface area contributed by atoms with Crippen LogP contribution >= 0.6 is 24.0 Å². The lowest BCUT2D eigenvalue weighted by atomic mass is 10.1. The molecule has 26 heavy (non-hydrogen) atoms. The molecule has 0 spiro atoms. The third-order valence-electron chi connectivity index (χ3n) is 4.64. The minimum absolute atomic E-state index is 0. The van der Waals surface area contributed by atoms with Crippen LogP contribution in [0.25, 0.3) is 0 Å². The number of rotatable bonds is 8. The topological polar surface area (TPSA) is 42.9 Å². The van der Waals surface area contributed by atoms with Crippen LogP contribution in [-0.4, -0.2) is 63.1 Å². The zero-order valence-electron chi connectivity index (χ0n) is 16.6. The van der Waals surface area contributed by atoms with Crippen molar-refractivity contribution in [3.63, 3.8) is 0 Å². The Balaban J connectivity index is 0.00000338. The highest BCUT2D eigenvalue weighted by atomic mass is 127. The van der Waals surface area contributed by atoms with E-state index in [-0.39, 0.29) is 24.0 Å². The van der Waals surface area contributed by atoms with Gasteiger partial charge in [-0.3, -0.25) is 9.89 Å². The van der Waals surface area contributed by atoms with Crippen LogP contribution in [0.4, 0.5) is 0 Å². The molecule has 1 aliphatic heterocycles. The van der Waals surface area contributed by atoms with Crippen molar-refractivity contribution in [1.29, 1.82) is 0 Å². The maximum absolute atomic E-state index is 4.29. The average Bonchev–Trinajstić information content (AvgIpc) is 2.63. The molecule has 0 saturated carbocycles. The number of halogens is 1. The van der Waals surface area contributed by atoms with E-state index in [1.807, 2.05) is 7.05 Å². The summed E-state index contributed by atoms with van der Waals surface area (Å²) < 4.78 is 0. The summed E-state index contributed by atoms with van der Waals surface area (Å²) >= 11 is 0. The Morgan fingerprint density at radius 2 is 1.69 bits per heavy atom. The number of likely N-dealkylation sites (tertiary alicyclic amines) is 1. The highest BCUT2D eigenvalue weighted by Crippen LogP contribution is 2.13. The fourth-order valence-corrected chi connectivity index (χ4v) is 3.15. The SMILES string of the molecule is CN=C(NCCCN(C)C)NCc1ccc(CN2CCCCC2)cc1.I. The molecule has 1 heterocycles. The monoisotopic (exact) mass is 473 g/mol. The van der Waals surface area contributed by atoms with Gasteiger partial charge in [0.05, 0.1) is 0 Å². The lowest BCUT2D eigenvalue weighted by molar-refractivity contribution is 0.221. The van der Waals surface area contributed by atoms with Gasteiger partial charge in [0, 0.05) is 26.7 Å². The van der Waals surface area contributed by atoms with Gasteiger partial charge in [0.15, 0.2) is 5.96 Å². The van der Waals surface area contributed by atoms with Crippen molar-refractivity contribution >= 4 is 29.9 Å².